The summed E-state index contributed by atoms with van der Waals surface area (Å²) in [6.07, 6.45) is -0.436. The summed E-state index contributed by atoms with van der Waals surface area (Å²) in [6, 6.07) is 8.50. The number of aryl methyl sites for hydroxylation is 1. The maximum Gasteiger partial charge on any atom is 0.334 e. The van der Waals surface area contributed by atoms with Gasteiger partial charge in [-0.05, 0) is 19.1 Å². The van der Waals surface area contributed by atoms with Crippen molar-refractivity contribution in [2.75, 3.05) is 7.11 Å². The van der Waals surface area contributed by atoms with Gasteiger partial charge in [0, 0.05) is 12.0 Å². The summed E-state index contributed by atoms with van der Waals surface area (Å²) >= 11 is 4.91. The van der Waals surface area contributed by atoms with Crippen molar-refractivity contribution >= 4 is 35.0 Å². The van der Waals surface area contributed by atoms with Gasteiger partial charge < -0.3 is 15.4 Å². The first-order valence-electron chi connectivity index (χ1n) is 7.05. The summed E-state index contributed by atoms with van der Waals surface area (Å²) in [5, 5.41) is 14.1. The van der Waals surface area contributed by atoms with Gasteiger partial charge in [0.2, 0.25) is 5.91 Å². The zero-order valence-corrected chi connectivity index (χ0v) is 13.9. The molecule has 1 fully saturated rings. The SMILES string of the molecule is COC(=O)[C@]1(CC(=O)c2ccc(C)cc2)NC(=S)NC(=O)[C@@H]1C#N. The van der Waals surface area contributed by atoms with Gasteiger partial charge in [-0.15, -0.1) is 0 Å². The fourth-order valence-electron chi connectivity index (χ4n) is 2.55. The lowest BCUT2D eigenvalue weighted by atomic mass is 9.77. The molecule has 124 valence electrons. The van der Waals surface area contributed by atoms with Crippen LogP contribution in [0.15, 0.2) is 24.3 Å². The second-order valence-corrected chi connectivity index (χ2v) is 5.84. The highest BCUT2D eigenvalue weighted by molar-refractivity contribution is 7.80. The van der Waals surface area contributed by atoms with Crippen molar-refractivity contribution in [3.63, 3.8) is 0 Å². The van der Waals surface area contributed by atoms with E-state index < -0.39 is 35.5 Å². The third-order valence-electron chi connectivity index (χ3n) is 3.82. The quantitative estimate of drug-likeness (QED) is 0.468. The summed E-state index contributed by atoms with van der Waals surface area (Å²) < 4.78 is 4.73. The highest BCUT2D eigenvalue weighted by atomic mass is 32.1. The monoisotopic (exact) mass is 345 g/mol. The van der Waals surface area contributed by atoms with Crippen LogP contribution in [0.25, 0.3) is 0 Å². The molecule has 0 aromatic heterocycles. The molecule has 1 amide bonds. The molecule has 1 heterocycles. The number of hydrogen-bond donors (Lipinski definition) is 2. The number of ether oxygens (including phenoxy) is 1. The minimum Gasteiger partial charge on any atom is -0.467 e. The normalized spacial score (nSPS) is 22.8. The van der Waals surface area contributed by atoms with Gasteiger partial charge in [0.05, 0.1) is 13.2 Å². The molecule has 1 aromatic rings. The van der Waals surface area contributed by atoms with Gasteiger partial charge in [0.15, 0.2) is 22.4 Å². The van der Waals surface area contributed by atoms with Gasteiger partial charge in [-0.2, -0.15) is 5.26 Å². The first-order valence-corrected chi connectivity index (χ1v) is 7.46. The third-order valence-corrected chi connectivity index (χ3v) is 4.02. The summed E-state index contributed by atoms with van der Waals surface area (Å²) in [5.74, 6) is -3.51. The van der Waals surface area contributed by atoms with Gasteiger partial charge in [-0.3, -0.25) is 9.59 Å². The van der Waals surface area contributed by atoms with Crippen molar-refractivity contribution in [1.82, 2.24) is 10.6 Å². The maximum absolute atomic E-state index is 12.6. The van der Waals surface area contributed by atoms with Crippen LogP contribution in [0.1, 0.15) is 22.3 Å². The summed E-state index contributed by atoms with van der Waals surface area (Å²) in [4.78, 5) is 37.0. The molecule has 0 aliphatic carbocycles. The van der Waals surface area contributed by atoms with Gasteiger partial charge in [0.25, 0.3) is 0 Å². The molecule has 2 atom stereocenters. The van der Waals surface area contributed by atoms with Gasteiger partial charge in [0.1, 0.15) is 0 Å². The van der Waals surface area contributed by atoms with E-state index in [0.717, 1.165) is 12.7 Å². The number of amides is 1. The Morgan fingerprint density at radius 3 is 2.54 bits per heavy atom. The number of nitrogens with one attached hydrogen (secondary N) is 2. The Morgan fingerprint density at radius 2 is 2.00 bits per heavy atom. The Balaban J connectivity index is 2.44. The van der Waals surface area contributed by atoms with Crippen LogP contribution in [-0.4, -0.2) is 35.4 Å². The van der Waals surface area contributed by atoms with E-state index >= 15 is 0 Å². The number of nitriles is 1. The number of carbonyl (C=O) groups excluding carboxylic acids is 3. The van der Waals surface area contributed by atoms with E-state index in [4.69, 9.17) is 17.0 Å². The fourth-order valence-corrected chi connectivity index (χ4v) is 2.83. The fraction of sp³-hybridized carbons (Fsp3) is 0.312. The largest absolute Gasteiger partial charge is 0.467 e. The Hall–Kier alpha value is -2.79. The minimum absolute atomic E-state index is 0.131. The van der Waals surface area contributed by atoms with E-state index in [-0.39, 0.29) is 5.11 Å². The van der Waals surface area contributed by atoms with E-state index in [1.165, 1.54) is 0 Å². The molecule has 2 rings (SSSR count). The molecule has 0 saturated carbocycles. The molecule has 8 heteroatoms. The standard InChI is InChI=1S/C16H15N3O4S/c1-9-3-5-10(6-4-9)12(20)7-16(14(22)23-2)11(8-17)13(21)18-15(24)19-16/h3-6,11H,7H2,1-2H3,(H2,18,19,21,24)/t11-,16+/m0/s1. The van der Waals surface area contributed by atoms with Gasteiger partial charge in [-0.1, -0.05) is 29.8 Å². The number of hydrogen-bond acceptors (Lipinski definition) is 6. The second kappa shape index (κ2) is 6.76. The summed E-state index contributed by atoms with van der Waals surface area (Å²) in [6.45, 7) is 1.88. The molecule has 0 bridgehead atoms. The van der Waals surface area contributed by atoms with Crippen molar-refractivity contribution in [1.29, 1.82) is 5.26 Å². The van der Waals surface area contributed by atoms with Crippen LogP contribution in [0.3, 0.4) is 0 Å². The molecular formula is C16H15N3O4S. The number of nitrogens with zero attached hydrogens (tertiary/aromatic N) is 1. The van der Waals surface area contributed by atoms with E-state index in [0.29, 0.717) is 5.56 Å². The van der Waals surface area contributed by atoms with Crippen molar-refractivity contribution in [3.8, 4) is 6.07 Å². The molecule has 1 saturated heterocycles. The average molecular weight is 345 g/mol. The Labute approximate surface area is 144 Å². The third kappa shape index (κ3) is 3.12. The van der Waals surface area contributed by atoms with Crippen molar-refractivity contribution < 1.29 is 19.1 Å². The van der Waals surface area contributed by atoms with E-state index in [9.17, 15) is 19.6 Å². The summed E-state index contributed by atoms with van der Waals surface area (Å²) in [7, 11) is 1.12. The first kappa shape index (κ1) is 17.6. The van der Waals surface area contributed by atoms with Crippen molar-refractivity contribution in [2.24, 2.45) is 5.92 Å². The first-order chi connectivity index (χ1) is 11.3. The van der Waals surface area contributed by atoms with Gasteiger partial charge in [-0.25, -0.2) is 4.79 Å². The smallest absolute Gasteiger partial charge is 0.334 e. The van der Waals surface area contributed by atoms with Crippen LogP contribution >= 0.6 is 12.2 Å². The Kier molecular flexibility index (Phi) is 4.95. The number of rotatable bonds is 4. The van der Waals surface area contributed by atoms with Crippen LogP contribution in [-0.2, 0) is 14.3 Å². The lowest BCUT2D eigenvalue weighted by molar-refractivity contribution is -0.152. The number of carbonyl (C=O) groups is 3. The minimum atomic E-state index is -1.86. The van der Waals surface area contributed by atoms with Crippen LogP contribution in [0.4, 0.5) is 0 Å². The van der Waals surface area contributed by atoms with Crippen LogP contribution < -0.4 is 10.6 Å². The van der Waals surface area contributed by atoms with E-state index in [1.54, 1.807) is 30.3 Å². The second-order valence-electron chi connectivity index (χ2n) is 5.43. The topological polar surface area (TPSA) is 108 Å². The molecule has 0 spiro atoms. The van der Waals surface area contributed by atoms with Crippen LogP contribution in [0, 0.1) is 24.2 Å². The highest BCUT2D eigenvalue weighted by Gasteiger charge is 2.55. The molecule has 1 aromatic carbocycles. The highest BCUT2D eigenvalue weighted by Crippen LogP contribution is 2.28. The van der Waals surface area contributed by atoms with Gasteiger partial charge >= 0.3 is 5.97 Å². The number of ketones is 1. The van der Waals surface area contributed by atoms with Crippen LogP contribution in [0.5, 0.6) is 0 Å². The molecular weight excluding hydrogens is 330 g/mol. The molecule has 7 nitrogen and oxygen atoms in total. The Bertz CT molecular complexity index is 754. The molecule has 0 unspecified atom stereocenters. The lowest BCUT2D eigenvalue weighted by Crippen LogP contribution is -2.70. The zero-order chi connectivity index (χ0) is 17.9. The molecule has 0 radical (unpaired) electrons. The van der Waals surface area contributed by atoms with E-state index in [2.05, 4.69) is 10.6 Å². The number of methoxy groups -OCH3 is 1. The average Bonchev–Trinajstić information content (AvgIpc) is 2.54. The molecule has 24 heavy (non-hydrogen) atoms. The van der Waals surface area contributed by atoms with E-state index in [1.807, 2.05) is 6.92 Å². The lowest BCUT2D eigenvalue weighted by Gasteiger charge is -2.38. The maximum atomic E-state index is 12.6. The van der Waals surface area contributed by atoms with Crippen LogP contribution in [0.2, 0.25) is 0 Å². The number of benzene rings is 1. The number of esters is 1. The summed E-state index contributed by atoms with van der Waals surface area (Å²) in [5.41, 5.74) is -0.523. The van der Waals surface area contributed by atoms with Crippen molar-refractivity contribution in [2.45, 2.75) is 18.9 Å². The molecule has 1 aliphatic heterocycles. The molecule has 2 N–H and O–H groups in total. The van der Waals surface area contributed by atoms with Crippen molar-refractivity contribution in [3.05, 3.63) is 35.4 Å². The molecule has 1 aliphatic rings. The predicted octanol–water partition coefficient (Wildman–Crippen LogP) is 0.624. The predicted molar refractivity (Wildman–Crippen MR) is 87.9 cm³/mol. The number of thiocarbonyl (C=S) groups is 1. The Morgan fingerprint density at radius 1 is 1.38 bits per heavy atom. The number of Topliss-reactive ketones (excluding diaryl/α,β-unsaturated/α-hetero) is 1. The zero-order valence-electron chi connectivity index (χ0n) is 13.1.